The molecule has 0 saturated carbocycles. The van der Waals surface area contributed by atoms with Gasteiger partial charge < -0.3 is 14.4 Å². The minimum Gasteiger partial charge on any atom is -0.344 e. The van der Waals surface area contributed by atoms with E-state index in [-0.39, 0.29) is 5.91 Å². The van der Waals surface area contributed by atoms with Crippen molar-refractivity contribution >= 4 is 17.2 Å². The molecular formula is C16H24N2O3S. The third-order valence-electron chi connectivity index (χ3n) is 4.56. The molecule has 0 spiro atoms. The van der Waals surface area contributed by atoms with Gasteiger partial charge in [-0.2, -0.15) is 0 Å². The third-order valence-corrected chi connectivity index (χ3v) is 5.57. The fourth-order valence-corrected chi connectivity index (χ4v) is 4.24. The molecule has 0 aliphatic carbocycles. The summed E-state index contributed by atoms with van der Waals surface area (Å²) in [6, 6.07) is 0.331. The lowest BCUT2D eigenvalue weighted by Crippen LogP contribution is -2.62. The zero-order valence-corrected chi connectivity index (χ0v) is 14.4. The SMILES string of the molecule is CC(C)C1CN(C(=O)c2cnc(C3OCCO3)s2)C1C(C)C. The van der Waals surface area contributed by atoms with Crippen LogP contribution < -0.4 is 0 Å². The number of carbonyl (C=O) groups excluding carboxylic acids is 1. The van der Waals surface area contributed by atoms with Crippen molar-refractivity contribution in [2.45, 2.75) is 40.0 Å². The quantitative estimate of drug-likeness (QED) is 0.854. The first-order valence-electron chi connectivity index (χ1n) is 7.99. The summed E-state index contributed by atoms with van der Waals surface area (Å²) in [7, 11) is 0. The molecule has 2 saturated heterocycles. The molecule has 0 bridgehead atoms. The molecule has 2 fully saturated rings. The molecule has 122 valence electrons. The Morgan fingerprint density at radius 3 is 2.55 bits per heavy atom. The summed E-state index contributed by atoms with van der Waals surface area (Å²) in [4.78, 5) is 19.7. The Morgan fingerprint density at radius 2 is 1.95 bits per heavy atom. The fraction of sp³-hybridized carbons (Fsp3) is 0.750. The summed E-state index contributed by atoms with van der Waals surface area (Å²) in [5, 5.41) is 0.739. The smallest absolute Gasteiger partial charge is 0.265 e. The molecule has 1 aromatic heterocycles. The van der Waals surface area contributed by atoms with Crippen LogP contribution >= 0.6 is 11.3 Å². The van der Waals surface area contributed by atoms with E-state index in [4.69, 9.17) is 9.47 Å². The van der Waals surface area contributed by atoms with E-state index in [1.807, 2.05) is 4.90 Å². The second-order valence-corrected chi connectivity index (χ2v) is 7.80. The summed E-state index contributed by atoms with van der Waals surface area (Å²) in [5.41, 5.74) is 0. The standard InChI is InChI=1S/C16H24N2O3S/c1-9(2)11-8-18(13(11)10(3)4)15(19)12-7-17-14(22-12)16-20-5-6-21-16/h7,9-11,13,16H,5-6,8H2,1-4H3. The second-order valence-electron chi connectivity index (χ2n) is 6.74. The number of likely N-dealkylation sites (tertiary alicyclic amines) is 1. The van der Waals surface area contributed by atoms with Gasteiger partial charge in [-0.15, -0.1) is 11.3 Å². The largest absolute Gasteiger partial charge is 0.344 e. The van der Waals surface area contributed by atoms with Crippen LogP contribution in [0.3, 0.4) is 0 Å². The van der Waals surface area contributed by atoms with Crippen molar-refractivity contribution in [3.05, 3.63) is 16.1 Å². The number of aromatic nitrogens is 1. The maximum atomic E-state index is 12.8. The first kappa shape index (κ1) is 15.9. The van der Waals surface area contributed by atoms with Crippen molar-refractivity contribution < 1.29 is 14.3 Å². The van der Waals surface area contributed by atoms with Crippen LogP contribution in [0.4, 0.5) is 0 Å². The van der Waals surface area contributed by atoms with Gasteiger partial charge in [0.05, 0.1) is 19.4 Å². The Hall–Kier alpha value is -0.980. The average Bonchev–Trinajstić information content (AvgIpc) is 3.07. The Labute approximate surface area is 135 Å². The number of hydrogen-bond acceptors (Lipinski definition) is 5. The van der Waals surface area contributed by atoms with Crippen LogP contribution in [0.2, 0.25) is 0 Å². The van der Waals surface area contributed by atoms with Gasteiger partial charge in [0.1, 0.15) is 9.88 Å². The zero-order valence-electron chi connectivity index (χ0n) is 13.6. The molecule has 5 nitrogen and oxygen atoms in total. The summed E-state index contributed by atoms with van der Waals surface area (Å²) in [6.45, 7) is 10.9. The highest BCUT2D eigenvalue weighted by Crippen LogP contribution is 2.38. The fourth-order valence-electron chi connectivity index (χ4n) is 3.37. The number of carbonyl (C=O) groups is 1. The highest BCUT2D eigenvalue weighted by atomic mass is 32.1. The van der Waals surface area contributed by atoms with E-state index in [9.17, 15) is 4.79 Å². The van der Waals surface area contributed by atoms with Crippen molar-refractivity contribution in [3.63, 3.8) is 0 Å². The van der Waals surface area contributed by atoms with Crippen molar-refractivity contribution in [2.24, 2.45) is 17.8 Å². The van der Waals surface area contributed by atoms with Gasteiger partial charge in [-0.25, -0.2) is 4.98 Å². The Kier molecular flexibility index (Phi) is 4.52. The van der Waals surface area contributed by atoms with E-state index in [0.717, 1.165) is 11.6 Å². The number of ether oxygens (including phenoxy) is 2. The molecule has 1 aromatic rings. The lowest BCUT2D eigenvalue weighted by molar-refractivity contribution is -0.0442. The minimum absolute atomic E-state index is 0.0948. The van der Waals surface area contributed by atoms with Crippen LogP contribution in [0.5, 0.6) is 0 Å². The van der Waals surface area contributed by atoms with Gasteiger partial charge in [0.2, 0.25) is 6.29 Å². The number of thiazole rings is 1. The van der Waals surface area contributed by atoms with Crippen LogP contribution in [0.25, 0.3) is 0 Å². The van der Waals surface area contributed by atoms with Crippen molar-refractivity contribution in [2.75, 3.05) is 19.8 Å². The number of nitrogens with zero attached hydrogens (tertiary/aromatic N) is 2. The molecule has 3 rings (SSSR count). The summed E-state index contributed by atoms with van der Waals surface area (Å²) >= 11 is 1.39. The molecule has 3 heterocycles. The summed E-state index contributed by atoms with van der Waals surface area (Å²) in [5.74, 6) is 1.77. The topological polar surface area (TPSA) is 51.7 Å². The van der Waals surface area contributed by atoms with E-state index in [1.165, 1.54) is 11.3 Å². The number of rotatable bonds is 4. The molecule has 2 atom stereocenters. The summed E-state index contributed by atoms with van der Waals surface area (Å²) in [6.07, 6.45) is 1.26. The molecule has 6 heteroatoms. The van der Waals surface area contributed by atoms with E-state index in [1.54, 1.807) is 6.20 Å². The van der Waals surface area contributed by atoms with Gasteiger partial charge in [-0.05, 0) is 17.8 Å². The molecule has 2 unspecified atom stereocenters. The van der Waals surface area contributed by atoms with Crippen molar-refractivity contribution in [1.29, 1.82) is 0 Å². The van der Waals surface area contributed by atoms with Crippen LogP contribution in [0.1, 0.15) is 48.7 Å². The van der Waals surface area contributed by atoms with Crippen molar-refractivity contribution in [1.82, 2.24) is 9.88 Å². The van der Waals surface area contributed by atoms with Gasteiger partial charge in [-0.3, -0.25) is 4.79 Å². The summed E-state index contributed by atoms with van der Waals surface area (Å²) < 4.78 is 10.9. The third kappa shape index (κ3) is 2.79. The van der Waals surface area contributed by atoms with Crippen molar-refractivity contribution in [3.8, 4) is 0 Å². The predicted molar refractivity (Wildman–Crippen MR) is 84.7 cm³/mol. The maximum absolute atomic E-state index is 12.8. The van der Waals surface area contributed by atoms with Gasteiger partial charge in [0.25, 0.3) is 5.91 Å². The van der Waals surface area contributed by atoms with Crippen LogP contribution in [0.15, 0.2) is 6.20 Å². The first-order valence-corrected chi connectivity index (χ1v) is 8.80. The number of amides is 1. The monoisotopic (exact) mass is 324 g/mol. The molecule has 22 heavy (non-hydrogen) atoms. The van der Waals surface area contributed by atoms with Crippen LogP contribution in [-0.2, 0) is 9.47 Å². The Morgan fingerprint density at radius 1 is 1.27 bits per heavy atom. The minimum atomic E-state index is -0.396. The molecular weight excluding hydrogens is 300 g/mol. The molecule has 0 aromatic carbocycles. The lowest BCUT2D eigenvalue weighted by atomic mass is 9.74. The average molecular weight is 324 g/mol. The van der Waals surface area contributed by atoms with E-state index < -0.39 is 6.29 Å². The first-order chi connectivity index (χ1) is 10.5. The molecule has 1 amide bonds. The predicted octanol–water partition coefficient (Wildman–Crippen LogP) is 2.94. The molecule has 0 radical (unpaired) electrons. The van der Waals surface area contributed by atoms with Gasteiger partial charge in [0, 0.05) is 12.6 Å². The highest BCUT2D eigenvalue weighted by Gasteiger charge is 2.45. The Balaban J connectivity index is 1.71. The van der Waals surface area contributed by atoms with Crippen LogP contribution in [0, 0.1) is 17.8 Å². The van der Waals surface area contributed by atoms with E-state index in [0.29, 0.717) is 41.9 Å². The number of hydrogen-bond donors (Lipinski definition) is 0. The molecule has 2 aliphatic heterocycles. The van der Waals surface area contributed by atoms with Crippen LogP contribution in [-0.4, -0.2) is 41.6 Å². The Bertz CT molecular complexity index is 537. The lowest BCUT2D eigenvalue weighted by Gasteiger charge is -2.52. The normalized spacial score (nSPS) is 26.0. The maximum Gasteiger partial charge on any atom is 0.265 e. The van der Waals surface area contributed by atoms with E-state index in [2.05, 4.69) is 32.7 Å². The second kappa shape index (κ2) is 6.26. The highest BCUT2D eigenvalue weighted by molar-refractivity contribution is 7.13. The molecule has 0 N–H and O–H groups in total. The van der Waals surface area contributed by atoms with Gasteiger partial charge >= 0.3 is 0 Å². The zero-order chi connectivity index (χ0) is 15.9. The van der Waals surface area contributed by atoms with E-state index >= 15 is 0 Å². The molecule has 2 aliphatic rings. The van der Waals surface area contributed by atoms with Gasteiger partial charge in [0.15, 0.2) is 0 Å². The van der Waals surface area contributed by atoms with Gasteiger partial charge in [-0.1, -0.05) is 27.7 Å².